The summed E-state index contributed by atoms with van der Waals surface area (Å²) in [6, 6.07) is 0. The van der Waals surface area contributed by atoms with Crippen LogP contribution in [0.4, 0.5) is 0 Å². The minimum Gasteiger partial charge on any atom is -0.388 e. The fourth-order valence-electron chi connectivity index (χ4n) is 2.52. The second kappa shape index (κ2) is 7.51. The van der Waals surface area contributed by atoms with E-state index in [2.05, 4.69) is 25.8 Å². The molecule has 1 unspecified atom stereocenters. The van der Waals surface area contributed by atoms with Crippen molar-refractivity contribution in [3.63, 3.8) is 0 Å². The lowest BCUT2D eigenvalue weighted by molar-refractivity contribution is 0.180. The molecule has 1 saturated heterocycles. The molecule has 2 aliphatic rings. The molecule has 0 aromatic rings. The van der Waals surface area contributed by atoms with E-state index < -0.39 is 9.45 Å². The quantitative estimate of drug-likeness (QED) is 0.734. The highest BCUT2D eigenvalue weighted by Crippen LogP contribution is 2.37. The largest absolute Gasteiger partial charge is 0.408 e. The van der Waals surface area contributed by atoms with Crippen molar-refractivity contribution in [3.05, 3.63) is 0 Å². The van der Waals surface area contributed by atoms with E-state index in [9.17, 15) is 0 Å². The summed E-state index contributed by atoms with van der Waals surface area (Å²) in [5.74, 6) is 1.00. The van der Waals surface area contributed by atoms with Gasteiger partial charge in [-0.05, 0) is 24.2 Å². The topological polar surface area (TPSA) is 30.5 Å². The summed E-state index contributed by atoms with van der Waals surface area (Å²) in [5, 5.41) is 0. The Hall–Kier alpha value is 0.0969. The third-order valence-electron chi connectivity index (χ3n) is 3.73. The molecule has 3 nitrogen and oxygen atoms in total. The minimum atomic E-state index is -1.31. The lowest BCUT2D eigenvalue weighted by Gasteiger charge is -2.33. The van der Waals surface area contributed by atoms with Crippen LogP contribution >= 0.6 is 0 Å². The first kappa shape index (κ1) is 15.2. The van der Waals surface area contributed by atoms with Crippen molar-refractivity contribution in [2.45, 2.75) is 52.9 Å². The van der Waals surface area contributed by atoms with Crippen LogP contribution in [-0.4, -0.2) is 29.7 Å². The van der Waals surface area contributed by atoms with Crippen molar-refractivity contribution in [1.82, 2.24) is 4.98 Å². The van der Waals surface area contributed by atoms with E-state index in [1.54, 1.807) is 7.11 Å². The molecule has 1 aliphatic carbocycles. The zero-order valence-corrected chi connectivity index (χ0v) is 13.1. The summed E-state index contributed by atoms with van der Waals surface area (Å²) < 4.78 is 10.0. The third-order valence-corrected chi connectivity index (χ3v) is 5.31. The van der Waals surface area contributed by atoms with Crippen molar-refractivity contribution in [1.29, 1.82) is 0 Å². The van der Waals surface area contributed by atoms with Gasteiger partial charge in [0, 0.05) is 20.3 Å². The van der Waals surface area contributed by atoms with Gasteiger partial charge in [-0.3, -0.25) is 4.98 Å². The molecule has 1 atom stereocenters. The van der Waals surface area contributed by atoms with Crippen molar-refractivity contribution >= 4 is 9.45 Å². The van der Waals surface area contributed by atoms with E-state index in [-0.39, 0.29) is 0 Å². The van der Waals surface area contributed by atoms with Gasteiger partial charge in [-0.15, -0.1) is 0 Å². The van der Waals surface area contributed by atoms with E-state index in [4.69, 9.17) is 8.85 Å². The summed E-state index contributed by atoms with van der Waals surface area (Å²) in [7, 11) is 0.366. The molecule has 0 aromatic heterocycles. The van der Waals surface area contributed by atoms with E-state index in [0.717, 1.165) is 19.1 Å². The van der Waals surface area contributed by atoms with E-state index >= 15 is 0 Å². The van der Waals surface area contributed by atoms with Gasteiger partial charge >= 0.3 is 9.45 Å². The van der Waals surface area contributed by atoms with E-state index in [1.165, 1.54) is 32.1 Å². The fraction of sp³-hybridized carbons (Fsp3) is 1.00. The summed E-state index contributed by atoms with van der Waals surface area (Å²) in [6.45, 7) is 8.92. The molecule has 1 N–H and O–H groups in total. The van der Waals surface area contributed by atoms with Crippen molar-refractivity contribution in [2.24, 2.45) is 11.3 Å². The zero-order valence-electron chi connectivity index (χ0n) is 11.9. The number of rotatable bonds is 1. The van der Waals surface area contributed by atoms with Crippen LogP contribution in [0.3, 0.4) is 0 Å². The predicted octanol–water partition coefficient (Wildman–Crippen LogP) is 2.58. The maximum atomic E-state index is 5.11. The Labute approximate surface area is 108 Å². The van der Waals surface area contributed by atoms with Crippen LogP contribution in [0, 0.1) is 11.3 Å². The molecule has 0 radical (unpaired) electrons. The van der Waals surface area contributed by atoms with Gasteiger partial charge in [-0.2, -0.15) is 0 Å². The van der Waals surface area contributed by atoms with Gasteiger partial charge in [-0.25, -0.2) is 0 Å². The molecule has 0 amide bonds. The molecule has 0 spiro atoms. The van der Waals surface area contributed by atoms with E-state index in [1.807, 2.05) is 0 Å². The molecule has 4 heteroatoms. The van der Waals surface area contributed by atoms with Gasteiger partial charge in [0.25, 0.3) is 0 Å². The Kier molecular flexibility index (Phi) is 6.70. The lowest BCUT2D eigenvalue weighted by atomic mass is 9.72. The normalized spacial score (nSPS) is 26.5. The molecular formula is C13H29NO2Si. The van der Waals surface area contributed by atoms with Gasteiger partial charge in [0.2, 0.25) is 0 Å². The molecule has 2 fully saturated rings. The molecule has 0 bridgehead atoms. The molecule has 1 aliphatic heterocycles. The standard InChI is InChI=1S/C10H20.C3H9NO2Si/c1-10(2,3)9-7-5-4-6-8-9;1-5-7-4-2-3-6-7/h9H,4-8H2,1-3H3;4,7H,2-3H2,1H3. The summed E-state index contributed by atoms with van der Waals surface area (Å²) in [5.41, 5.74) is 0.570. The van der Waals surface area contributed by atoms with Gasteiger partial charge in [0.1, 0.15) is 0 Å². The predicted molar refractivity (Wildman–Crippen MR) is 74.1 cm³/mol. The molecular weight excluding hydrogens is 230 g/mol. The Bertz CT molecular complexity index is 194. The first-order valence-corrected chi connectivity index (χ1v) is 8.44. The highest BCUT2D eigenvalue weighted by Gasteiger charge is 2.25. The Morgan fingerprint density at radius 3 is 2.12 bits per heavy atom. The Balaban J connectivity index is 0.000000181. The van der Waals surface area contributed by atoms with Crippen LogP contribution in [0.15, 0.2) is 0 Å². The maximum Gasteiger partial charge on any atom is 0.408 e. The average molecular weight is 259 g/mol. The van der Waals surface area contributed by atoms with Gasteiger partial charge in [0.15, 0.2) is 0 Å². The number of hydrogen-bond donors (Lipinski definition) is 1. The lowest BCUT2D eigenvalue weighted by Crippen LogP contribution is -2.30. The van der Waals surface area contributed by atoms with Crippen molar-refractivity contribution in [3.8, 4) is 0 Å². The van der Waals surface area contributed by atoms with Crippen LogP contribution in [0.5, 0.6) is 0 Å². The van der Waals surface area contributed by atoms with Crippen LogP contribution in [0.2, 0.25) is 0 Å². The molecule has 1 saturated carbocycles. The SMILES string of the molecule is CC(C)(C)C1CCCCC1.CO[SiH]1NCCO1. The number of nitrogens with one attached hydrogen (secondary N) is 1. The van der Waals surface area contributed by atoms with Crippen LogP contribution in [-0.2, 0) is 8.85 Å². The number of hydrogen-bond acceptors (Lipinski definition) is 3. The molecule has 1 heterocycles. The monoisotopic (exact) mass is 259 g/mol. The molecule has 0 aromatic carbocycles. The molecule has 17 heavy (non-hydrogen) atoms. The molecule has 102 valence electrons. The van der Waals surface area contributed by atoms with E-state index in [0.29, 0.717) is 5.41 Å². The smallest absolute Gasteiger partial charge is 0.388 e. The van der Waals surface area contributed by atoms with Crippen LogP contribution in [0.1, 0.15) is 52.9 Å². The van der Waals surface area contributed by atoms with Gasteiger partial charge < -0.3 is 8.85 Å². The van der Waals surface area contributed by atoms with Gasteiger partial charge in [0.05, 0.1) is 0 Å². The average Bonchev–Trinajstić information content (AvgIpc) is 2.83. The highest BCUT2D eigenvalue weighted by molar-refractivity contribution is 6.41. The second-order valence-corrected chi connectivity index (χ2v) is 7.97. The zero-order chi connectivity index (χ0) is 12.7. The summed E-state index contributed by atoms with van der Waals surface area (Å²) in [4.78, 5) is 3.10. The Morgan fingerprint density at radius 1 is 1.18 bits per heavy atom. The first-order valence-electron chi connectivity index (χ1n) is 6.92. The van der Waals surface area contributed by atoms with Gasteiger partial charge in [-0.1, -0.05) is 40.0 Å². The maximum absolute atomic E-state index is 5.11. The third kappa shape index (κ3) is 6.00. The summed E-state index contributed by atoms with van der Waals surface area (Å²) in [6.07, 6.45) is 7.38. The Morgan fingerprint density at radius 2 is 1.82 bits per heavy atom. The highest BCUT2D eigenvalue weighted by atomic mass is 28.3. The van der Waals surface area contributed by atoms with Crippen molar-refractivity contribution < 1.29 is 8.85 Å². The minimum absolute atomic E-state index is 0.570. The van der Waals surface area contributed by atoms with Crippen LogP contribution < -0.4 is 4.98 Å². The second-order valence-electron chi connectivity index (χ2n) is 6.09. The fourth-order valence-corrected chi connectivity index (χ4v) is 3.63. The summed E-state index contributed by atoms with van der Waals surface area (Å²) >= 11 is 0. The first-order chi connectivity index (χ1) is 8.04. The van der Waals surface area contributed by atoms with Crippen molar-refractivity contribution in [2.75, 3.05) is 20.3 Å². The molecule has 2 rings (SSSR count). The van der Waals surface area contributed by atoms with Crippen LogP contribution in [0.25, 0.3) is 0 Å².